The normalized spacial score (nSPS) is 10.6. The van der Waals surface area contributed by atoms with E-state index in [1.54, 1.807) is 0 Å². The highest BCUT2D eigenvalue weighted by atomic mass is 19.1. The molecule has 0 unspecified atom stereocenters. The number of hydrogen-bond donors (Lipinski definition) is 0. The molecule has 0 heterocycles. The molecule has 0 saturated heterocycles. The van der Waals surface area contributed by atoms with Gasteiger partial charge in [0.1, 0.15) is 0 Å². The van der Waals surface area contributed by atoms with Crippen molar-refractivity contribution in [2.24, 2.45) is 0 Å². The fourth-order valence-electron chi connectivity index (χ4n) is 1.65. The summed E-state index contributed by atoms with van der Waals surface area (Å²) in [5, 5.41) is 0. The Morgan fingerprint density at radius 2 is 1.20 bits per heavy atom. The first kappa shape index (κ1) is 18.9. The maximum atomic E-state index is 13.4. The molecule has 0 aromatic heterocycles. The number of rotatable bonds is 12. The Kier molecular flexibility index (Phi) is 12.2. The van der Waals surface area contributed by atoms with Crippen LogP contribution in [-0.2, 0) is 19.1 Å². The second-order valence-electron chi connectivity index (χ2n) is 4.82. The monoisotopic (exact) mass is 290 g/mol. The molecule has 0 saturated carbocycles. The van der Waals surface area contributed by atoms with Crippen LogP contribution in [0, 0.1) is 0 Å². The Morgan fingerprint density at radius 1 is 0.800 bits per heavy atom. The molecule has 0 atom stereocenters. The fraction of sp³-hybridized carbons (Fsp3) is 0.867. The molecule has 0 N–H and O–H groups in total. The second kappa shape index (κ2) is 12.9. The molecular weight excluding hydrogens is 263 g/mol. The lowest BCUT2D eigenvalue weighted by molar-refractivity contribution is -0.163. The summed E-state index contributed by atoms with van der Waals surface area (Å²) in [6.45, 7) is 4.45. The van der Waals surface area contributed by atoms with E-state index in [1.807, 2.05) is 0 Å². The molecule has 0 amide bonds. The van der Waals surface area contributed by atoms with Crippen molar-refractivity contribution in [1.29, 1.82) is 0 Å². The molecule has 0 aliphatic rings. The van der Waals surface area contributed by atoms with Crippen molar-refractivity contribution >= 4 is 11.9 Å². The first-order valence-electron chi connectivity index (χ1n) is 7.60. The van der Waals surface area contributed by atoms with E-state index in [2.05, 4.69) is 13.8 Å². The summed E-state index contributed by atoms with van der Waals surface area (Å²) in [5.74, 6) is -2.28. The van der Waals surface area contributed by atoms with Gasteiger partial charge in [0, 0.05) is 0 Å². The molecule has 0 aliphatic heterocycles. The number of carbonyl (C=O) groups is 2. The van der Waals surface area contributed by atoms with E-state index in [9.17, 15) is 14.0 Å². The summed E-state index contributed by atoms with van der Waals surface area (Å²) in [5.41, 5.74) is 0. The van der Waals surface area contributed by atoms with Gasteiger partial charge < -0.3 is 9.47 Å². The molecule has 0 fully saturated rings. The summed E-state index contributed by atoms with van der Waals surface area (Å²) >= 11 is 0. The van der Waals surface area contributed by atoms with E-state index in [-0.39, 0.29) is 13.2 Å². The number of unbranched alkanes of at least 4 members (excludes halogenated alkanes) is 6. The highest BCUT2D eigenvalue weighted by Crippen LogP contribution is 2.04. The standard InChI is InChI=1S/C15H27FO4/c1-3-5-7-9-11-19-14(17)13(16)15(18)20-12-10-8-6-4-2/h13H,3-12H2,1-2H3. The van der Waals surface area contributed by atoms with E-state index in [0.717, 1.165) is 38.5 Å². The van der Waals surface area contributed by atoms with Crippen molar-refractivity contribution < 1.29 is 23.5 Å². The largest absolute Gasteiger partial charge is 0.463 e. The van der Waals surface area contributed by atoms with E-state index in [1.165, 1.54) is 0 Å². The molecule has 0 aromatic rings. The minimum Gasteiger partial charge on any atom is -0.463 e. The van der Waals surface area contributed by atoms with Crippen molar-refractivity contribution in [2.45, 2.75) is 71.4 Å². The third kappa shape index (κ3) is 9.75. The van der Waals surface area contributed by atoms with Crippen LogP contribution < -0.4 is 0 Å². The third-order valence-electron chi connectivity index (χ3n) is 2.90. The predicted octanol–water partition coefficient (Wildman–Crippen LogP) is 3.57. The summed E-state index contributed by atoms with van der Waals surface area (Å²) in [6, 6.07) is 0. The van der Waals surface area contributed by atoms with E-state index in [4.69, 9.17) is 9.47 Å². The van der Waals surface area contributed by atoms with E-state index in [0.29, 0.717) is 12.8 Å². The maximum absolute atomic E-state index is 13.4. The molecule has 20 heavy (non-hydrogen) atoms. The van der Waals surface area contributed by atoms with Gasteiger partial charge in [-0.05, 0) is 12.8 Å². The Bertz CT molecular complexity index is 243. The number of ether oxygens (including phenoxy) is 2. The van der Waals surface area contributed by atoms with Gasteiger partial charge in [0.15, 0.2) is 0 Å². The van der Waals surface area contributed by atoms with Crippen molar-refractivity contribution in [3.05, 3.63) is 0 Å². The molecule has 4 nitrogen and oxygen atoms in total. The molecule has 0 rings (SSSR count). The summed E-state index contributed by atoms with van der Waals surface area (Å²) in [7, 11) is 0. The number of esters is 2. The first-order valence-corrected chi connectivity index (χ1v) is 7.60. The minimum absolute atomic E-state index is 0.156. The van der Waals surface area contributed by atoms with Crippen molar-refractivity contribution in [1.82, 2.24) is 0 Å². The van der Waals surface area contributed by atoms with Gasteiger partial charge in [-0.1, -0.05) is 52.4 Å². The Balaban J connectivity index is 3.67. The van der Waals surface area contributed by atoms with Gasteiger partial charge >= 0.3 is 11.9 Å². The number of hydrogen-bond acceptors (Lipinski definition) is 4. The highest BCUT2D eigenvalue weighted by Gasteiger charge is 2.29. The van der Waals surface area contributed by atoms with Crippen molar-refractivity contribution in [2.75, 3.05) is 13.2 Å². The lowest BCUT2D eigenvalue weighted by Gasteiger charge is -2.09. The van der Waals surface area contributed by atoms with Gasteiger partial charge in [0.05, 0.1) is 13.2 Å². The minimum atomic E-state index is -2.31. The third-order valence-corrected chi connectivity index (χ3v) is 2.90. The topological polar surface area (TPSA) is 52.6 Å². The predicted molar refractivity (Wildman–Crippen MR) is 75.1 cm³/mol. The van der Waals surface area contributed by atoms with Gasteiger partial charge in [0.25, 0.3) is 6.17 Å². The van der Waals surface area contributed by atoms with E-state index < -0.39 is 18.1 Å². The Hall–Kier alpha value is -1.13. The second-order valence-corrected chi connectivity index (χ2v) is 4.82. The highest BCUT2D eigenvalue weighted by molar-refractivity contribution is 5.97. The summed E-state index contributed by atoms with van der Waals surface area (Å²) in [6.07, 6.45) is 5.19. The number of carbonyl (C=O) groups excluding carboxylic acids is 2. The van der Waals surface area contributed by atoms with Crippen molar-refractivity contribution in [3.8, 4) is 0 Å². The lowest BCUT2D eigenvalue weighted by atomic mass is 10.2. The quantitative estimate of drug-likeness (QED) is 0.313. The van der Waals surface area contributed by atoms with Crippen LogP contribution in [0.4, 0.5) is 4.39 Å². The van der Waals surface area contributed by atoms with Crippen LogP contribution in [0.1, 0.15) is 65.2 Å². The van der Waals surface area contributed by atoms with Crippen LogP contribution in [0.25, 0.3) is 0 Å². The Morgan fingerprint density at radius 3 is 1.55 bits per heavy atom. The van der Waals surface area contributed by atoms with E-state index >= 15 is 0 Å². The SMILES string of the molecule is CCCCCCOC(=O)C(F)C(=O)OCCCCCC. The molecule has 0 aromatic carbocycles. The zero-order chi connectivity index (χ0) is 15.2. The maximum Gasteiger partial charge on any atom is 0.352 e. The van der Waals surface area contributed by atoms with Gasteiger partial charge in [-0.25, -0.2) is 14.0 Å². The van der Waals surface area contributed by atoms with Gasteiger partial charge in [-0.3, -0.25) is 0 Å². The number of halogens is 1. The first-order chi connectivity index (χ1) is 9.63. The lowest BCUT2D eigenvalue weighted by Crippen LogP contribution is -2.30. The van der Waals surface area contributed by atoms with Gasteiger partial charge in [0.2, 0.25) is 0 Å². The van der Waals surface area contributed by atoms with Crippen LogP contribution >= 0.6 is 0 Å². The van der Waals surface area contributed by atoms with Crippen LogP contribution in [0.5, 0.6) is 0 Å². The fourth-order valence-corrected chi connectivity index (χ4v) is 1.65. The zero-order valence-electron chi connectivity index (χ0n) is 12.7. The molecular formula is C15H27FO4. The summed E-state index contributed by atoms with van der Waals surface area (Å²) in [4.78, 5) is 22.5. The van der Waals surface area contributed by atoms with Crippen LogP contribution in [-0.4, -0.2) is 31.3 Å². The molecule has 118 valence electrons. The van der Waals surface area contributed by atoms with Gasteiger partial charge in [-0.15, -0.1) is 0 Å². The average Bonchev–Trinajstić information content (AvgIpc) is 2.45. The average molecular weight is 290 g/mol. The zero-order valence-corrected chi connectivity index (χ0v) is 12.7. The van der Waals surface area contributed by atoms with Gasteiger partial charge in [-0.2, -0.15) is 0 Å². The van der Waals surface area contributed by atoms with Crippen LogP contribution in [0.15, 0.2) is 0 Å². The van der Waals surface area contributed by atoms with Crippen LogP contribution in [0.3, 0.4) is 0 Å². The molecule has 0 radical (unpaired) electrons. The smallest absolute Gasteiger partial charge is 0.352 e. The molecule has 0 aliphatic carbocycles. The molecule has 0 bridgehead atoms. The van der Waals surface area contributed by atoms with Crippen LogP contribution in [0.2, 0.25) is 0 Å². The Labute approximate surface area is 121 Å². The summed E-state index contributed by atoms with van der Waals surface area (Å²) < 4.78 is 22.8. The molecule has 5 heteroatoms. The molecule has 0 spiro atoms. The number of alkyl halides is 1. The van der Waals surface area contributed by atoms with Crippen molar-refractivity contribution in [3.63, 3.8) is 0 Å².